The van der Waals surface area contributed by atoms with Crippen LogP contribution in [0.25, 0.3) is 11.4 Å². The molecule has 2 aromatic heterocycles. The zero-order valence-corrected chi connectivity index (χ0v) is 18.2. The summed E-state index contributed by atoms with van der Waals surface area (Å²) >= 11 is 0. The van der Waals surface area contributed by atoms with Crippen molar-refractivity contribution < 1.29 is 18.0 Å². The molecular weight excluding hydrogens is 431 g/mol. The van der Waals surface area contributed by atoms with Gasteiger partial charge in [0.1, 0.15) is 11.5 Å². The number of aromatic nitrogens is 4. The minimum absolute atomic E-state index is 0.0435. The molecule has 1 fully saturated rings. The molecular formula is C24H22F3N5O. The van der Waals surface area contributed by atoms with E-state index in [1.54, 1.807) is 30.4 Å². The molecule has 9 heteroatoms. The fraction of sp³-hybridized carbons (Fsp3) is 0.375. The predicted octanol–water partition coefficient (Wildman–Crippen LogP) is 4.86. The van der Waals surface area contributed by atoms with Crippen molar-refractivity contribution in [2.24, 2.45) is 0 Å². The van der Waals surface area contributed by atoms with E-state index in [0.29, 0.717) is 30.1 Å². The van der Waals surface area contributed by atoms with Crippen molar-refractivity contribution in [3.8, 4) is 11.4 Å². The number of hydrogen-bond donors (Lipinski definition) is 0. The van der Waals surface area contributed by atoms with Gasteiger partial charge in [0.05, 0.1) is 29.2 Å². The Labute approximate surface area is 188 Å². The third kappa shape index (κ3) is 3.65. The SMILES string of the molecule is Cc1nc(-c2cnccn2)c2c(n1)[C@H]1CCC[C@@H](C2)N1C(=O)c1cccc(C(F)(F)F)c1C. The minimum Gasteiger partial charge on any atom is -0.327 e. The molecule has 5 rings (SSSR count). The third-order valence-corrected chi connectivity index (χ3v) is 6.56. The molecule has 2 aliphatic heterocycles. The Balaban J connectivity index is 1.60. The molecule has 4 heterocycles. The van der Waals surface area contributed by atoms with Crippen LogP contribution in [0.3, 0.4) is 0 Å². The lowest BCUT2D eigenvalue weighted by molar-refractivity contribution is -0.138. The van der Waals surface area contributed by atoms with Crippen LogP contribution in [0.4, 0.5) is 13.2 Å². The lowest BCUT2D eigenvalue weighted by atomic mass is 9.81. The Kier molecular flexibility index (Phi) is 5.14. The van der Waals surface area contributed by atoms with E-state index in [2.05, 4.69) is 15.0 Å². The smallest absolute Gasteiger partial charge is 0.327 e. The summed E-state index contributed by atoms with van der Waals surface area (Å²) < 4.78 is 40.4. The average Bonchev–Trinajstić information content (AvgIpc) is 2.78. The van der Waals surface area contributed by atoms with Crippen LogP contribution >= 0.6 is 0 Å². The summed E-state index contributed by atoms with van der Waals surface area (Å²) in [6.45, 7) is 3.15. The molecule has 2 atom stereocenters. The van der Waals surface area contributed by atoms with E-state index in [4.69, 9.17) is 4.98 Å². The van der Waals surface area contributed by atoms with Gasteiger partial charge in [-0.2, -0.15) is 13.2 Å². The van der Waals surface area contributed by atoms with Gasteiger partial charge in [-0.3, -0.25) is 14.8 Å². The van der Waals surface area contributed by atoms with Crippen LogP contribution in [-0.2, 0) is 12.6 Å². The number of carbonyl (C=O) groups is 1. The second-order valence-electron chi connectivity index (χ2n) is 8.57. The third-order valence-electron chi connectivity index (χ3n) is 6.56. The summed E-state index contributed by atoms with van der Waals surface area (Å²) in [4.78, 5) is 33.3. The van der Waals surface area contributed by atoms with Crippen molar-refractivity contribution >= 4 is 5.91 Å². The first-order valence-electron chi connectivity index (χ1n) is 10.9. The number of nitrogens with zero attached hydrogens (tertiary/aromatic N) is 5. The number of halogens is 3. The predicted molar refractivity (Wildman–Crippen MR) is 114 cm³/mol. The van der Waals surface area contributed by atoms with E-state index in [9.17, 15) is 18.0 Å². The van der Waals surface area contributed by atoms with Crippen LogP contribution in [0, 0.1) is 13.8 Å². The number of amides is 1. The standard InChI is InChI=1S/C24H22F3N5O/c1-13-16(6-4-7-18(13)24(25,26)27)23(33)32-15-5-3-8-20(32)22-17(11-15)21(30-14(2)31-22)19-12-28-9-10-29-19/h4,6-7,9-10,12,15,20H,3,5,8,11H2,1-2H3/t15-,20+/m0/s1. The number of hydrogen-bond acceptors (Lipinski definition) is 5. The quantitative estimate of drug-likeness (QED) is 0.554. The fourth-order valence-electron chi connectivity index (χ4n) is 5.13. The van der Waals surface area contributed by atoms with Crippen molar-refractivity contribution in [1.29, 1.82) is 0 Å². The van der Waals surface area contributed by atoms with Gasteiger partial charge in [-0.25, -0.2) is 9.97 Å². The van der Waals surface area contributed by atoms with Crippen molar-refractivity contribution in [2.45, 2.75) is 57.8 Å². The first-order chi connectivity index (χ1) is 15.8. The molecule has 1 saturated heterocycles. The zero-order valence-electron chi connectivity index (χ0n) is 18.2. The van der Waals surface area contributed by atoms with Crippen molar-refractivity contribution in [1.82, 2.24) is 24.8 Å². The van der Waals surface area contributed by atoms with E-state index in [1.165, 1.54) is 19.1 Å². The fourth-order valence-corrected chi connectivity index (χ4v) is 5.13. The van der Waals surface area contributed by atoms with Crippen LogP contribution in [0.1, 0.15) is 63.9 Å². The Morgan fingerprint density at radius 2 is 1.94 bits per heavy atom. The number of piperidine rings is 1. The van der Waals surface area contributed by atoms with Crippen LogP contribution in [0.15, 0.2) is 36.8 Å². The maximum absolute atomic E-state index is 13.7. The van der Waals surface area contributed by atoms with Crippen LogP contribution in [0.2, 0.25) is 0 Å². The van der Waals surface area contributed by atoms with E-state index in [0.717, 1.165) is 30.2 Å². The highest BCUT2D eigenvalue weighted by Crippen LogP contribution is 2.44. The van der Waals surface area contributed by atoms with Gasteiger partial charge >= 0.3 is 6.18 Å². The molecule has 33 heavy (non-hydrogen) atoms. The van der Waals surface area contributed by atoms with Gasteiger partial charge in [-0.05, 0) is 57.2 Å². The number of carbonyl (C=O) groups excluding carboxylic acids is 1. The maximum Gasteiger partial charge on any atom is 0.416 e. The van der Waals surface area contributed by atoms with Gasteiger partial charge in [0.25, 0.3) is 5.91 Å². The second-order valence-corrected chi connectivity index (χ2v) is 8.57. The largest absolute Gasteiger partial charge is 0.416 e. The molecule has 0 spiro atoms. The number of alkyl halides is 3. The van der Waals surface area contributed by atoms with E-state index < -0.39 is 11.7 Å². The molecule has 0 radical (unpaired) electrons. The van der Waals surface area contributed by atoms with Crippen LogP contribution in [-0.4, -0.2) is 36.8 Å². The first-order valence-corrected chi connectivity index (χ1v) is 10.9. The molecule has 0 N–H and O–H groups in total. The normalized spacial score (nSPS) is 19.8. The van der Waals surface area contributed by atoms with Crippen molar-refractivity contribution in [3.05, 3.63) is 70.6 Å². The Hall–Kier alpha value is -3.36. The lowest BCUT2D eigenvalue weighted by Crippen LogP contribution is -2.50. The number of rotatable bonds is 2. The second kappa shape index (κ2) is 7.90. The van der Waals surface area contributed by atoms with Gasteiger partial charge < -0.3 is 4.90 Å². The molecule has 1 amide bonds. The topological polar surface area (TPSA) is 71.9 Å². The highest BCUT2D eigenvalue weighted by molar-refractivity contribution is 5.96. The van der Waals surface area contributed by atoms with E-state index in [1.807, 2.05) is 0 Å². The maximum atomic E-state index is 13.7. The van der Waals surface area contributed by atoms with Gasteiger partial charge in [-0.1, -0.05) is 6.07 Å². The van der Waals surface area contributed by atoms with Crippen LogP contribution < -0.4 is 0 Å². The molecule has 0 aliphatic carbocycles. The van der Waals surface area contributed by atoms with E-state index in [-0.39, 0.29) is 29.1 Å². The Bertz CT molecular complexity index is 1230. The molecule has 3 aromatic rings. The molecule has 2 bridgehead atoms. The highest BCUT2D eigenvalue weighted by Gasteiger charge is 2.44. The summed E-state index contributed by atoms with van der Waals surface area (Å²) in [6, 6.07) is 3.34. The summed E-state index contributed by atoms with van der Waals surface area (Å²) in [5, 5.41) is 0. The van der Waals surface area contributed by atoms with Crippen molar-refractivity contribution in [2.75, 3.05) is 0 Å². The molecule has 1 aromatic carbocycles. The van der Waals surface area contributed by atoms with Crippen molar-refractivity contribution in [3.63, 3.8) is 0 Å². The molecule has 0 unspecified atom stereocenters. The van der Waals surface area contributed by atoms with Gasteiger partial charge in [0, 0.05) is 29.6 Å². The highest BCUT2D eigenvalue weighted by atomic mass is 19.4. The molecule has 6 nitrogen and oxygen atoms in total. The Morgan fingerprint density at radius 3 is 2.67 bits per heavy atom. The summed E-state index contributed by atoms with van der Waals surface area (Å²) in [7, 11) is 0. The Morgan fingerprint density at radius 1 is 1.12 bits per heavy atom. The van der Waals surface area contributed by atoms with Crippen LogP contribution in [0.5, 0.6) is 0 Å². The van der Waals surface area contributed by atoms with Gasteiger partial charge in [0.2, 0.25) is 0 Å². The first kappa shape index (κ1) is 21.5. The average molecular weight is 453 g/mol. The summed E-state index contributed by atoms with van der Waals surface area (Å²) in [5.74, 6) is 0.178. The summed E-state index contributed by atoms with van der Waals surface area (Å²) in [5.41, 5.74) is 2.33. The number of benzene rings is 1. The van der Waals surface area contributed by atoms with Gasteiger partial charge in [0.15, 0.2) is 0 Å². The molecule has 2 aliphatic rings. The number of aryl methyl sites for hydroxylation is 1. The lowest BCUT2D eigenvalue weighted by Gasteiger charge is -2.46. The zero-order chi connectivity index (χ0) is 23.3. The van der Waals surface area contributed by atoms with E-state index >= 15 is 0 Å². The monoisotopic (exact) mass is 453 g/mol. The molecule has 170 valence electrons. The number of fused-ring (bicyclic) bond motifs is 4. The molecule has 0 saturated carbocycles. The van der Waals surface area contributed by atoms with Gasteiger partial charge in [-0.15, -0.1) is 0 Å². The summed E-state index contributed by atoms with van der Waals surface area (Å²) in [6.07, 6.45) is 3.26. The minimum atomic E-state index is -4.51.